The maximum Gasteiger partial charge on any atom is 0.0590 e. The summed E-state index contributed by atoms with van der Waals surface area (Å²) in [6.07, 6.45) is 2.94. The van der Waals surface area contributed by atoms with E-state index >= 15 is 0 Å². The molecule has 0 aliphatic heterocycles. The van der Waals surface area contributed by atoms with Crippen molar-refractivity contribution in [3.05, 3.63) is 0 Å². The third kappa shape index (κ3) is 6.21. The first kappa shape index (κ1) is 21.1. The van der Waals surface area contributed by atoms with E-state index in [-0.39, 0.29) is 30.7 Å². The van der Waals surface area contributed by atoms with E-state index in [1.807, 2.05) is 27.7 Å². The molecule has 0 rings (SSSR count). The van der Waals surface area contributed by atoms with Crippen LogP contribution in [0.1, 0.15) is 60.3 Å². The summed E-state index contributed by atoms with van der Waals surface area (Å²) in [5.74, 6) is 0. The molecule has 0 aromatic carbocycles. The molecule has 1 unspecified atom stereocenters. The molecule has 0 aliphatic carbocycles. The third-order valence-corrected chi connectivity index (χ3v) is 4.78. The Hall–Kier alpha value is -0.160. The smallest absolute Gasteiger partial charge is 0.0590 e. The molecule has 0 spiro atoms. The zero-order chi connectivity index (χ0) is 15.5. The van der Waals surface area contributed by atoms with Gasteiger partial charge >= 0.3 is 0 Å². The Morgan fingerprint density at radius 2 is 1.11 bits per heavy atom. The van der Waals surface area contributed by atoms with E-state index in [1.54, 1.807) is 6.92 Å². The van der Waals surface area contributed by atoms with Gasteiger partial charge in [-0.25, -0.2) is 0 Å². The molecule has 0 radical (unpaired) electrons. The van der Waals surface area contributed by atoms with E-state index in [0.717, 1.165) is 25.7 Å². The lowest BCUT2D eigenvalue weighted by molar-refractivity contribution is -0.0125. The summed E-state index contributed by atoms with van der Waals surface area (Å²) in [4.78, 5) is 0. The molecular formula is C15H34O4. The van der Waals surface area contributed by atoms with E-state index in [2.05, 4.69) is 0 Å². The van der Waals surface area contributed by atoms with Gasteiger partial charge < -0.3 is 20.4 Å². The summed E-state index contributed by atoms with van der Waals surface area (Å²) in [7, 11) is 0. The zero-order valence-corrected chi connectivity index (χ0v) is 13.3. The molecule has 0 heterocycles. The average molecular weight is 278 g/mol. The molecule has 4 heteroatoms. The Bertz CT molecular complexity index is 171. The Labute approximate surface area is 118 Å². The molecule has 0 fully saturated rings. The first-order chi connectivity index (χ1) is 8.87. The highest BCUT2D eigenvalue weighted by Gasteiger charge is 2.30. The second kappa shape index (κ2) is 10.6. The van der Waals surface area contributed by atoms with Crippen molar-refractivity contribution in [2.45, 2.75) is 66.4 Å². The Balaban J connectivity index is 0. The van der Waals surface area contributed by atoms with Crippen molar-refractivity contribution in [3.8, 4) is 0 Å². The molecule has 0 aliphatic rings. The van der Waals surface area contributed by atoms with E-state index in [4.69, 9.17) is 15.3 Å². The summed E-state index contributed by atoms with van der Waals surface area (Å²) in [5.41, 5.74) is -0.486. The maximum atomic E-state index is 9.30. The van der Waals surface area contributed by atoms with Crippen LogP contribution >= 0.6 is 0 Å². The average Bonchev–Trinajstić information content (AvgIpc) is 2.45. The molecule has 0 amide bonds. The van der Waals surface area contributed by atoms with Gasteiger partial charge in [-0.1, -0.05) is 27.7 Å². The van der Waals surface area contributed by atoms with Crippen LogP contribution < -0.4 is 0 Å². The van der Waals surface area contributed by atoms with Gasteiger partial charge in [0.1, 0.15) is 0 Å². The SMILES string of the molecule is CCC(CC)(CO)C(C)O.CCC(CC)(CO)CO. The third-order valence-electron chi connectivity index (χ3n) is 4.78. The minimum atomic E-state index is -0.410. The van der Waals surface area contributed by atoms with Gasteiger partial charge in [-0.05, 0) is 32.6 Å². The van der Waals surface area contributed by atoms with Crippen LogP contribution in [0.2, 0.25) is 0 Å². The highest BCUT2D eigenvalue weighted by molar-refractivity contribution is 4.80. The van der Waals surface area contributed by atoms with Gasteiger partial charge in [-0.15, -0.1) is 0 Å². The van der Waals surface area contributed by atoms with Crippen LogP contribution in [0.25, 0.3) is 0 Å². The van der Waals surface area contributed by atoms with Crippen LogP contribution in [-0.4, -0.2) is 46.4 Å². The Kier molecular flexibility index (Phi) is 11.8. The lowest BCUT2D eigenvalue weighted by atomic mass is 9.79. The van der Waals surface area contributed by atoms with Crippen LogP contribution in [0.4, 0.5) is 0 Å². The number of aliphatic hydroxyl groups excluding tert-OH is 4. The fourth-order valence-electron chi connectivity index (χ4n) is 1.94. The summed E-state index contributed by atoms with van der Waals surface area (Å²) in [6, 6.07) is 0. The van der Waals surface area contributed by atoms with Gasteiger partial charge in [0.15, 0.2) is 0 Å². The predicted octanol–water partition coefficient (Wildman–Crippen LogP) is 1.94. The minimum Gasteiger partial charge on any atom is -0.396 e. The lowest BCUT2D eigenvalue weighted by Crippen LogP contribution is -2.35. The summed E-state index contributed by atoms with van der Waals surface area (Å²) >= 11 is 0. The molecule has 1 atom stereocenters. The fourth-order valence-corrected chi connectivity index (χ4v) is 1.94. The van der Waals surface area contributed by atoms with Gasteiger partial charge in [0.05, 0.1) is 25.9 Å². The van der Waals surface area contributed by atoms with Gasteiger partial charge in [0.25, 0.3) is 0 Å². The Morgan fingerprint density at radius 3 is 1.11 bits per heavy atom. The number of hydrogen-bond acceptors (Lipinski definition) is 4. The minimum absolute atomic E-state index is 0.0810. The molecule has 0 saturated carbocycles. The molecule has 4 nitrogen and oxygen atoms in total. The maximum absolute atomic E-state index is 9.30. The van der Waals surface area contributed by atoms with Crippen LogP contribution in [0.5, 0.6) is 0 Å². The Morgan fingerprint density at radius 1 is 0.737 bits per heavy atom. The monoisotopic (exact) mass is 278 g/mol. The summed E-state index contributed by atoms with van der Waals surface area (Å²) < 4.78 is 0. The van der Waals surface area contributed by atoms with E-state index in [9.17, 15) is 5.11 Å². The first-order valence-electron chi connectivity index (χ1n) is 7.38. The van der Waals surface area contributed by atoms with E-state index < -0.39 is 6.10 Å². The van der Waals surface area contributed by atoms with Crippen molar-refractivity contribution < 1.29 is 20.4 Å². The van der Waals surface area contributed by atoms with Crippen LogP contribution in [0.15, 0.2) is 0 Å². The molecule has 0 aromatic heterocycles. The topological polar surface area (TPSA) is 80.9 Å². The largest absolute Gasteiger partial charge is 0.396 e. The van der Waals surface area contributed by atoms with Crippen molar-refractivity contribution in [1.29, 1.82) is 0 Å². The van der Waals surface area contributed by atoms with Gasteiger partial charge in [0, 0.05) is 10.8 Å². The normalized spacial score (nSPS) is 13.7. The zero-order valence-electron chi connectivity index (χ0n) is 13.3. The molecule has 0 saturated heterocycles. The van der Waals surface area contributed by atoms with Crippen molar-refractivity contribution in [2.75, 3.05) is 19.8 Å². The molecule has 0 bridgehead atoms. The second-order valence-corrected chi connectivity index (χ2v) is 5.43. The first-order valence-corrected chi connectivity index (χ1v) is 7.38. The van der Waals surface area contributed by atoms with Gasteiger partial charge in [-0.2, -0.15) is 0 Å². The quantitative estimate of drug-likeness (QED) is 0.547. The molecule has 0 aromatic rings. The number of hydrogen-bond donors (Lipinski definition) is 4. The standard InChI is InChI=1S/C8H18O2.C7H16O2/c1-4-8(5-2,6-9)7(3)10;1-3-7(4-2,5-8)6-9/h7,9-10H,4-6H2,1-3H3;8-9H,3-6H2,1-2H3. The number of aliphatic hydroxyl groups is 4. The lowest BCUT2D eigenvalue weighted by Gasteiger charge is -2.32. The van der Waals surface area contributed by atoms with E-state index in [0.29, 0.717) is 0 Å². The highest BCUT2D eigenvalue weighted by atomic mass is 16.3. The number of rotatable bonds is 8. The van der Waals surface area contributed by atoms with Crippen molar-refractivity contribution in [2.24, 2.45) is 10.8 Å². The van der Waals surface area contributed by atoms with Crippen molar-refractivity contribution >= 4 is 0 Å². The molecule has 118 valence electrons. The summed E-state index contributed by atoms with van der Waals surface area (Å²) in [5, 5.41) is 35.9. The van der Waals surface area contributed by atoms with E-state index in [1.165, 1.54) is 0 Å². The van der Waals surface area contributed by atoms with Crippen molar-refractivity contribution in [1.82, 2.24) is 0 Å². The highest BCUT2D eigenvalue weighted by Crippen LogP contribution is 2.29. The molecule has 4 N–H and O–H groups in total. The summed E-state index contributed by atoms with van der Waals surface area (Å²) in [6.45, 7) is 9.96. The molecular weight excluding hydrogens is 244 g/mol. The molecule has 19 heavy (non-hydrogen) atoms. The second-order valence-electron chi connectivity index (χ2n) is 5.43. The predicted molar refractivity (Wildman–Crippen MR) is 79.0 cm³/mol. The fraction of sp³-hybridized carbons (Fsp3) is 1.00. The van der Waals surface area contributed by atoms with Crippen molar-refractivity contribution in [3.63, 3.8) is 0 Å². The van der Waals surface area contributed by atoms with Crippen LogP contribution in [0, 0.1) is 10.8 Å². The van der Waals surface area contributed by atoms with Crippen LogP contribution in [-0.2, 0) is 0 Å². The van der Waals surface area contributed by atoms with Gasteiger partial charge in [-0.3, -0.25) is 0 Å². The van der Waals surface area contributed by atoms with Crippen LogP contribution in [0.3, 0.4) is 0 Å². The van der Waals surface area contributed by atoms with Gasteiger partial charge in [0.2, 0.25) is 0 Å².